The molecule has 0 radical (unpaired) electrons. The Balaban J connectivity index is 2.04. The minimum Gasteiger partial charge on any atom is -0.268 e. The second-order valence-corrected chi connectivity index (χ2v) is 5.74. The van der Waals surface area contributed by atoms with Crippen LogP contribution in [0.15, 0.2) is 30.5 Å². The maximum Gasteiger partial charge on any atom is 0.163 e. The average Bonchev–Trinajstić information content (AvgIpc) is 2.95. The number of benzene rings is 1. The molecule has 0 N–H and O–H groups in total. The number of nitrogens with zero attached hydrogens (tertiary/aromatic N) is 5. The number of aryl methyl sites for hydroxylation is 4. The van der Waals surface area contributed by atoms with Crippen molar-refractivity contribution in [2.45, 2.75) is 20.8 Å². The fourth-order valence-electron chi connectivity index (χ4n) is 3.06. The van der Waals surface area contributed by atoms with Crippen molar-refractivity contribution in [1.29, 1.82) is 0 Å². The molecule has 5 heteroatoms. The molecule has 110 valence electrons. The molecule has 4 aromatic rings. The van der Waals surface area contributed by atoms with Gasteiger partial charge in [0.2, 0.25) is 0 Å². The van der Waals surface area contributed by atoms with Crippen LogP contribution >= 0.6 is 0 Å². The van der Waals surface area contributed by atoms with Gasteiger partial charge in [0.25, 0.3) is 0 Å². The van der Waals surface area contributed by atoms with Gasteiger partial charge in [0.15, 0.2) is 5.65 Å². The van der Waals surface area contributed by atoms with Crippen molar-refractivity contribution >= 4 is 16.6 Å². The first kappa shape index (κ1) is 13.0. The van der Waals surface area contributed by atoms with Gasteiger partial charge in [0.05, 0.1) is 16.9 Å². The summed E-state index contributed by atoms with van der Waals surface area (Å²) in [5.41, 5.74) is 7.28. The zero-order valence-electron chi connectivity index (χ0n) is 13.1. The summed E-state index contributed by atoms with van der Waals surface area (Å²) in [5.74, 6) is 0. The molecule has 3 heterocycles. The van der Waals surface area contributed by atoms with Crippen LogP contribution in [0.5, 0.6) is 0 Å². The summed E-state index contributed by atoms with van der Waals surface area (Å²) in [4.78, 5) is 4.66. The van der Waals surface area contributed by atoms with E-state index in [4.69, 9.17) is 0 Å². The molecule has 22 heavy (non-hydrogen) atoms. The number of hydrogen-bond donors (Lipinski definition) is 0. The highest BCUT2D eigenvalue weighted by Gasteiger charge is 2.15. The molecule has 0 aliphatic heterocycles. The Labute approximate surface area is 128 Å². The Kier molecular flexibility index (Phi) is 2.60. The molecular weight excluding hydrogens is 274 g/mol. The zero-order valence-corrected chi connectivity index (χ0v) is 13.1. The summed E-state index contributed by atoms with van der Waals surface area (Å²) in [6.45, 7) is 6.07. The smallest absolute Gasteiger partial charge is 0.163 e. The van der Waals surface area contributed by atoms with Gasteiger partial charge in [0.1, 0.15) is 0 Å². The molecule has 5 nitrogen and oxygen atoms in total. The molecule has 1 aromatic carbocycles. The largest absolute Gasteiger partial charge is 0.268 e. The van der Waals surface area contributed by atoms with E-state index in [2.05, 4.69) is 33.4 Å². The van der Waals surface area contributed by atoms with E-state index in [0.717, 1.165) is 39.4 Å². The van der Waals surface area contributed by atoms with Crippen LogP contribution < -0.4 is 0 Å². The fraction of sp³-hybridized carbons (Fsp3) is 0.235. The summed E-state index contributed by atoms with van der Waals surface area (Å²) >= 11 is 0. The molecule has 3 aromatic heterocycles. The second-order valence-electron chi connectivity index (χ2n) is 5.74. The van der Waals surface area contributed by atoms with Gasteiger partial charge in [-0.1, -0.05) is 6.07 Å². The van der Waals surface area contributed by atoms with Gasteiger partial charge < -0.3 is 0 Å². The van der Waals surface area contributed by atoms with Crippen LogP contribution in [0, 0.1) is 20.8 Å². The van der Waals surface area contributed by atoms with Crippen LogP contribution in [-0.4, -0.2) is 24.4 Å². The zero-order chi connectivity index (χ0) is 15.4. The lowest BCUT2D eigenvalue weighted by Gasteiger charge is -2.03. The van der Waals surface area contributed by atoms with Crippen molar-refractivity contribution in [3.63, 3.8) is 0 Å². The quantitative estimate of drug-likeness (QED) is 0.541. The first-order valence-corrected chi connectivity index (χ1v) is 7.31. The van der Waals surface area contributed by atoms with E-state index in [1.54, 1.807) is 0 Å². The highest BCUT2D eigenvalue weighted by molar-refractivity contribution is 5.90. The normalized spacial score (nSPS) is 11.6. The van der Waals surface area contributed by atoms with Crippen LogP contribution in [-0.2, 0) is 7.05 Å². The van der Waals surface area contributed by atoms with E-state index in [1.807, 2.05) is 49.3 Å². The van der Waals surface area contributed by atoms with Crippen LogP contribution in [0.25, 0.3) is 27.7 Å². The Morgan fingerprint density at radius 2 is 1.77 bits per heavy atom. The van der Waals surface area contributed by atoms with Crippen molar-refractivity contribution in [2.75, 3.05) is 0 Å². The van der Waals surface area contributed by atoms with Gasteiger partial charge in [-0.3, -0.25) is 4.68 Å². The predicted octanol–water partition coefficient (Wildman–Crippen LogP) is 3.21. The third kappa shape index (κ3) is 1.75. The molecule has 0 bridgehead atoms. The van der Waals surface area contributed by atoms with Crippen molar-refractivity contribution in [1.82, 2.24) is 24.4 Å². The number of aromatic nitrogens is 5. The van der Waals surface area contributed by atoms with Gasteiger partial charge in [-0.2, -0.15) is 10.2 Å². The van der Waals surface area contributed by atoms with E-state index < -0.39 is 0 Å². The number of fused-ring (bicyclic) bond motifs is 2. The summed E-state index contributed by atoms with van der Waals surface area (Å²) in [6, 6.07) is 8.39. The molecule has 0 spiro atoms. The van der Waals surface area contributed by atoms with Crippen molar-refractivity contribution in [3.8, 4) is 11.1 Å². The maximum absolute atomic E-state index is 4.66. The summed E-state index contributed by atoms with van der Waals surface area (Å²) in [7, 11) is 1.97. The van der Waals surface area contributed by atoms with Crippen LogP contribution in [0.1, 0.15) is 17.1 Å². The van der Waals surface area contributed by atoms with Crippen LogP contribution in [0.2, 0.25) is 0 Å². The molecule has 0 unspecified atom stereocenters. The van der Waals surface area contributed by atoms with Gasteiger partial charge in [-0.25, -0.2) is 9.50 Å². The van der Waals surface area contributed by atoms with Gasteiger partial charge in [-0.05, 0) is 44.5 Å². The molecule has 0 saturated carbocycles. The molecule has 0 aliphatic rings. The Bertz CT molecular complexity index is 1020. The molecule has 0 saturated heterocycles. The Morgan fingerprint density at radius 1 is 0.955 bits per heavy atom. The molecule has 0 amide bonds. The lowest BCUT2D eigenvalue weighted by molar-refractivity contribution is 0.783. The molecule has 0 aliphatic carbocycles. The molecule has 4 rings (SSSR count). The van der Waals surface area contributed by atoms with E-state index in [1.165, 1.54) is 5.39 Å². The van der Waals surface area contributed by atoms with Gasteiger partial charge >= 0.3 is 0 Å². The first-order valence-electron chi connectivity index (χ1n) is 7.31. The minimum absolute atomic E-state index is 0.901. The van der Waals surface area contributed by atoms with Crippen molar-refractivity contribution < 1.29 is 0 Å². The number of hydrogen-bond acceptors (Lipinski definition) is 3. The topological polar surface area (TPSA) is 48.0 Å². The molecule has 0 atom stereocenters. The standard InChI is InChI=1S/C17H17N5/c1-10-7-8-22-17(18-10)16(12(3)20-22)13-5-6-15-14(9-13)11(2)19-21(15)4/h5-9H,1-4H3. The lowest BCUT2D eigenvalue weighted by atomic mass is 10.0. The SMILES string of the molecule is Cc1ccn2nc(C)c(-c3ccc4c(c3)c(C)nn4C)c2n1. The first-order chi connectivity index (χ1) is 10.5. The van der Waals surface area contributed by atoms with Crippen LogP contribution in [0.3, 0.4) is 0 Å². The summed E-state index contributed by atoms with van der Waals surface area (Å²) < 4.78 is 3.76. The second kappa shape index (κ2) is 4.40. The summed E-state index contributed by atoms with van der Waals surface area (Å²) in [5, 5.41) is 10.2. The van der Waals surface area contributed by atoms with E-state index in [0.29, 0.717) is 0 Å². The van der Waals surface area contributed by atoms with E-state index in [9.17, 15) is 0 Å². The van der Waals surface area contributed by atoms with Crippen molar-refractivity contribution in [2.24, 2.45) is 7.05 Å². The monoisotopic (exact) mass is 291 g/mol. The lowest BCUT2D eigenvalue weighted by Crippen LogP contribution is -1.91. The third-order valence-electron chi connectivity index (χ3n) is 4.12. The minimum atomic E-state index is 0.901. The predicted molar refractivity (Wildman–Crippen MR) is 86.9 cm³/mol. The summed E-state index contributed by atoms with van der Waals surface area (Å²) in [6.07, 6.45) is 1.96. The molecular formula is C17H17N5. The van der Waals surface area contributed by atoms with E-state index >= 15 is 0 Å². The highest BCUT2D eigenvalue weighted by Crippen LogP contribution is 2.30. The van der Waals surface area contributed by atoms with Gasteiger partial charge in [0, 0.05) is 29.9 Å². The molecule has 0 fully saturated rings. The number of rotatable bonds is 1. The van der Waals surface area contributed by atoms with Crippen molar-refractivity contribution in [3.05, 3.63) is 47.5 Å². The van der Waals surface area contributed by atoms with Crippen LogP contribution in [0.4, 0.5) is 0 Å². The third-order valence-corrected chi connectivity index (χ3v) is 4.12. The maximum atomic E-state index is 4.66. The van der Waals surface area contributed by atoms with Gasteiger partial charge in [-0.15, -0.1) is 0 Å². The Morgan fingerprint density at radius 3 is 2.59 bits per heavy atom. The Hall–Kier alpha value is -2.69. The van der Waals surface area contributed by atoms with E-state index in [-0.39, 0.29) is 0 Å². The highest BCUT2D eigenvalue weighted by atomic mass is 15.3. The average molecular weight is 291 g/mol. The fourth-order valence-corrected chi connectivity index (χ4v) is 3.06.